The molecule has 1 atom stereocenters. The quantitative estimate of drug-likeness (QED) is 0.576. The second-order valence-electron chi connectivity index (χ2n) is 3.82. The van der Waals surface area contributed by atoms with Crippen molar-refractivity contribution < 1.29 is 9.53 Å². The maximum Gasteiger partial charge on any atom is 0.126 e. The SMILES string of the molecule is O=CC1(C[C@@H]2CCCO2)CC1. The van der Waals surface area contributed by atoms with Crippen molar-refractivity contribution in [2.45, 2.75) is 38.2 Å². The molecule has 1 aliphatic carbocycles. The van der Waals surface area contributed by atoms with Crippen LogP contribution >= 0.6 is 0 Å². The van der Waals surface area contributed by atoms with Crippen LogP contribution in [0.15, 0.2) is 0 Å². The van der Waals surface area contributed by atoms with Gasteiger partial charge in [0.05, 0.1) is 6.10 Å². The van der Waals surface area contributed by atoms with E-state index in [1.54, 1.807) is 0 Å². The number of hydrogen-bond donors (Lipinski definition) is 0. The highest BCUT2D eigenvalue weighted by Crippen LogP contribution is 2.48. The van der Waals surface area contributed by atoms with Crippen molar-refractivity contribution in [3.8, 4) is 0 Å². The third-order valence-electron chi connectivity index (χ3n) is 2.80. The normalized spacial score (nSPS) is 33.6. The second kappa shape index (κ2) is 2.59. The third-order valence-corrected chi connectivity index (χ3v) is 2.80. The summed E-state index contributed by atoms with van der Waals surface area (Å²) >= 11 is 0. The predicted octanol–water partition coefficient (Wildman–Crippen LogP) is 1.53. The lowest BCUT2D eigenvalue weighted by Gasteiger charge is -2.12. The van der Waals surface area contributed by atoms with Crippen LogP contribution in [0.1, 0.15) is 32.1 Å². The summed E-state index contributed by atoms with van der Waals surface area (Å²) in [7, 11) is 0. The van der Waals surface area contributed by atoms with Crippen LogP contribution in [-0.2, 0) is 9.53 Å². The van der Waals surface area contributed by atoms with Gasteiger partial charge in [0.15, 0.2) is 0 Å². The first-order valence-electron chi connectivity index (χ1n) is 4.43. The fourth-order valence-corrected chi connectivity index (χ4v) is 1.79. The van der Waals surface area contributed by atoms with Gasteiger partial charge in [-0.05, 0) is 32.1 Å². The van der Waals surface area contributed by atoms with Gasteiger partial charge in [-0.15, -0.1) is 0 Å². The topological polar surface area (TPSA) is 26.3 Å². The summed E-state index contributed by atoms with van der Waals surface area (Å²) in [5, 5.41) is 0. The zero-order chi connectivity index (χ0) is 7.73. The van der Waals surface area contributed by atoms with Crippen molar-refractivity contribution in [1.82, 2.24) is 0 Å². The fraction of sp³-hybridized carbons (Fsp3) is 0.889. The van der Waals surface area contributed by atoms with Crippen LogP contribution in [0.3, 0.4) is 0 Å². The summed E-state index contributed by atoms with van der Waals surface area (Å²) in [5.41, 5.74) is 0.0506. The molecule has 0 unspecified atom stereocenters. The summed E-state index contributed by atoms with van der Waals surface area (Å²) < 4.78 is 5.47. The third kappa shape index (κ3) is 1.45. The van der Waals surface area contributed by atoms with Gasteiger partial charge in [-0.1, -0.05) is 0 Å². The summed E-state index contributed by atoms with van der Waals surface area (Å²) in [5.74, 6) is 0. The Kier molecular flexibility index (Phi) is 1.72. The Labute approximate surface area is 66.9 Å². The van der Waals surface area contributed by atoms with Crippen molar-refractivity contribution >= 4 is 6.29 Å². The van der Waals surface area contributed by atoms with Crippen molar-refractivity contribution in [3.05, 3.63) is 0 Å². The lowest BCUT2D eigenvalue weighted by molar-refractivity contribution is -0.113. The second-order valence-corrected chi connectivity index (χ2v) is 3.82. The molecule has 62 valence electrons. The smallest absolute Gasteiger partial charge is 0.126 e. The minimum Gasteiger partial charge on any atom is -0.378 e. The highest BCUT2D eigenvalue weighted by atomic mass is 16.5. The van der Waals surface area contributed by atoms with E-state index in [0.29, 0.717) is 6.10 Å². The van der Waals surface area contributed by atoms with Gasteiger partial charge in [0, 0.05) is 12.0 Å². The van der Waals surface area contributed by atoms with Gasteiger partial charge in [-0.25, -0.2) is 0 Å². The molecule has 0 aromatic rings. The molecule has 2 aliphatic rings. The first-order chi connectivity index (χ1) is 5.35. The molecule has 1 saturated carbocycles. The van der Waals surface area contributed by atoms with Crippen LogP contribution in [-0.4, -0.2) is 19.0 Å². The molecular weight excluding hydrogens is 140 g/mol. The van der Waals surface area contributed by atoms with E-state index in [2.05, 4.69) is 0 Å². The Morgan fingerprint density at radius 2 is 2.36 bits per heavy atom. The van der Waals surface area contributed by atoms with Gasteiger partial charge in [-0.3, -0.25) is 0 Å². The first kappa shape index (κ1) is 7.29. The zero-order valence-corrected chi connectivity index (χ0v) is 6.71. The Morgan fingerprint density at radius 3 is 2.82 bits per heavy atom. The monoisotopic (exact) mass is 154 g/mol. The van der Waals surface area contributed by atoms with Gasteiger partial charge in [0.1, 0.15) is 6.29 Å². The van der Waals surface area contributed by atoms with E-state index in [1.165, 1.54) is 6.42 Å². The number of hydrogen-bond acceptors (Lipinski definition) is 2. The lowest BCUT2D eigenvalue weighted by Crippen LogP contribution is -2.14. The molecule has 0 aromatic heterocycles. The van der Waals surface area contributed by atoms with Gasteiger partial charge in [0.2, 0.25) is 0 Å². The van der Waals surface area contributed by atoms with Gasteiger partial charge < -0.3 is 9.53 Å². The maximum atomic E-state index is 10.6. The molecule has 2 nitrogen and oxygen atoms in total. The molecule has 0 amide bonds. The number of ether oxygens (including phenoxy) is 1. The molecular formula is C9H14O2. The molecule has 2 fully saturated rings. The standard InChI is InChI=1S/C9H14O2/c10-7-9(3-4-9)6-8-2-1-5-11-8/h7-8H,1-6H2/t8-/m0/s1. The van der Waals surface area contributed by atoms with Gasteiger partial charge in [0.25, 0.3) is 0 Å². The Bertz CT molecular complexity index is 155. The molecule has 0 radical (unpaired) electrons. The Balaban J connectivity index is 1.84. The Morgan fingerprint density at radius 1 is 1.55 bits per heavy atom. The molecule has 0 spiro atoms. The average molecular weight is 154 g/mol. The molecule has 0 aromatic carbocycles. The van der Waals surface area contributed by atoms with Gasteiger partial charge >= 0.3 is 0 Å². The summed E-state index contributed by atoms with van der Waals surface area (Å²) in [6.45, 7) is 0.902. The van der Waals surface area contributed by atoms with Crippen molar-refractivity contribution in [2.24, 2.45) is 5.41 Å². The van der Waals surface area contributed by atoms with Crippen molar-refractivity contribution in [2.75, 3.05) is 6.61 Å². The maximum absolute atomic E-state index is 10.6. The van der Waals surface area contributed by atoms with Crippen LogP contribution in [0.25, 0.3) is 0 Å². The van der Waals surface area contributed by atoms with Crippen molar-refractivity contribution in [1.29, 1.82) is 0 Å². The van der Waals surface area contributed by atoms with E-state index < -0.39 is 0 Å². The zero-order valence-electron chi connectivity index (χ0n) is 6.71. The van der Waals surface area contributed by atoms with E-state index in [1.807, 2.05) is 0 Å². The first-order valence-corrected chi connectivity index (χ1v) is 4.43. The van der Waals surface area contributed by atoms with E-state index >= 15 is 0 Å². The van der Waals surface area contributed by atoms with Crippen LogP contribution in [0.4, 0.5) is 0 Å². The molecule has 0 N–H and O–H groups in total. The number of rotatable bonds is 3. The minimum atomic E-state index is 0.0506. The summed E-state index contributed by atoms with van der Waals surface area (Å²) in [6.07, 6.45) is 7.04. The molecule has 1 aliphatic heterocycles. The number of carbonyl (C=O) groups is 1. The molecule has 0 bridgehead atoms. The average Bonchev–Trinajstić information content (AvgIpc) is 2.59. The number of carbonyl (C=O) groups excluding carboxylic acids is 1. The summed E-state index contributed by atoms with van der Waals surface area (Å²) in [4.78, 5) is 10.6. The van der Waals surface area contributed by atoms with Crippen molar-refractivity contribution in [3.63, 3.8) is 0 Å². The van der Waals surface area contributed by atoms with E-state index in [9.17, 15) is 4.79 Å². The van der Waals surface area contributed by atoms with Crippen LogP contribution < -0.4 is 0 Å². The lowest BCUT2D eigenvalue weighted by atomic mass is 9.99. The van der Waals surface area contributed by atoms with Crippen LogP contribution in [0.2, 0.25) is 0 Å². The highest BCUT2D eigenvalue weighted by Gasteiger charge is 2.44. The minimum absolute atomic E-state index is 0.0506. The molecule has 1 saturated heterocycles. The molecule has 2 rings (SSSR count). The van der Waals surface area contributed by atoms with Crippen LogP contribution in [0, 0.1) is 5.41 Å². The molecule has 11 heavy (non-hydrogen) atoms. The van der Waals surface area contributed by atoms with Crippen LogP contribution in [0.5, 0.6) is 0 Å². The van der Waals surface area contributed by atoms with E-state index in [-0.39, 0.29) is 5.41 Å². The number of aldehydes is 1. The predicted molar refractivity (Wildman–Crippen MR) is 41.3 cm³/mol. The van der Waals surface area contributed by atoms with Gasteiger partial charge in [-0.2, -0.15) is 0 Å². The van der Waals surface area contributed by atoms with E-state index in [0.717, 1.165) is 38.6 Å². The molecule has 2 heteroatoms. The summed E-state index contributed by atoms with van der Waals surface area (Å²) in [6, 6.07) is 0. The fourth-order valence-electron chi connectivity index (χ4n) is 1.79. The largest absolute Gasteiger partial charge is 0.378 e. The highest BCUT2D eigenvalue weighted by molar-refractivity contribution is 5.63. The van der Waals surface area contributed by atoms with E-state index in [4.69, 9.17) is 4.74 Å². The molecule has 1 heterocycles. The Hall–Kier alpha value is -0.370.